The number of nitrogens with zero attached hydrogens (tertiary/aromatic N) is 4. The Labute approximate surface area is 400 Å². The van der Waals surface area contributed by atoms with Crippen molar-refractivity contribution in [3.63, 3.8) is 0 Å². The summed E-state index contributed by atoms with van der Waals surface area (Å²) in [6.45, 7) is 2.84. The number of unbranched alkanes of at least 4 members (excludes halogenated alkanes) is 9. The van der Waals surface area contributed by atoms with Gasteiger partial charge in [-0.1, -0.05) is 110 Å². The number of fused-ring (bicyclic) bond motifs is 1. The Morgan fingerprint density at radius 3 is 2.19 bits per heavy atom. The lowest BCUT2D eigenvalue weighted by Gasteiger charge is -2.30. The number of phosphoric ester groups is 3. The molecule has 2 aromatic heterocycles. The molecule has 68 heavy (non-hydrogen) atoms. The van der Waals surface area contributed by atoms with Crippen LogP contribution in [0.3, 0.4) is 0 Å². The summed E-state index contributed by atoms with van der Waals surface area (Å²) in [7, 11) is -16.4. The number of carbonyl (C=O) groups excluding carboxylic acids is 3. The SMILES string of the molecule is CCCCCCC1C[C@H]1CCCCCCCCCC(=O)SCCNC(=O)CCNC(=O)[C@H](O)C(C)(C)COP(=O)(O)OP(=O)(O)OC[C@H]1O[C@@H](n2cnc3c(N)ncnc32)[C@H](O)[C@@H]1OP(=O)(O)O. The van der Waals surface area contributed by atoms with Crippen LogP contribution in [-0.2, 0) is 50.7 Å². The Hall–Kier alpha value is -2.44. The predicted octanol–water partition coefficient (Wildman–Crippen LogP) is 4.78. The molecule has 1 aliphatic heterocycles. The first-order valence-corrected chi connectivity index (χ1v) is 28.6. The highest BCUT2D eigenvalue weighted by molar-refractivity contribution is 8.13. The van der Waals surface area contributed by atoms with E-state index in [9.17, 15) is 57.9 Å². The van der Waals surface area contributed by atoms with Gasteiger partial charge in [-0.2, -0.15) is 4.31 Å². The van der Waals surface area contributed by atoms with Gasteiger partial charge in [0.15, 0.2) is 22.8 Å². The quantitative estimate of drug-likeness (QED) is 0.0336. The second kappa shape index (κ2) is 27.4. The number of imidazole rings is 1. The van der Waals surface area contributed by atoms with Crippen molar-refractivity contribution in [1.29, 1.82) is 0 Å². The molecule has 2 fully saturated rings. The molecule has 3 heterocycles. The molecule has 2 aromatic rings. The number of rotatable bonds is 34. The number of phosphoric acid groups is 3. The standard InChI is InChI=1S/C40H70N7O17P3S/c1-4-5-6-12-15-27-22-28(27)16-13-10-8-7-9-11-14-17-31(49)68-21-20-42-30(48)18-19-43-38(52)35(51)40(2,3)24-61-67(58,59)64-66(56,57)60-23-29-34(63-65(53,54)55)33(50)39(62-29)47-26-46-32-36(41)44-25-45-37(32)47/h25-29,33-35,39,50-51H,4-24H2,1-3H3,(H,42,48)(H,43,52)(H,56,57)(H,58,59)(H2,41,44,45)(H2,53,54,55)/t27?,28-,29-,33-,34-,35+,39-/m1/s1. The molecular weight excluding hydrogens is 975 g/mol. The van der Waals surface area contributed by atoms with Crippen LogP contribution in [0.1, 0.15) is 130 Å². The molecule has 0 radical (unpaired) electrons. The van der Waals surface area contributed by atoms with Gasteiger partial charge in [0, 0.05) is 37.1 Å². The second-order valence-electron chi connectivity index (χ2n) is 17.9. The maximum absolute atomic E-state index is 12.7. The van der Waals surface area contributed by atoms with E-state index in [2.05, 4.69) is 41.3 Å². The molecule has 2 aliphatic rings. The zero-order chi connectivity index (χ0) is 50.1. The summed E-state index contributed by atoms with van der Waals surface area (Å²) < 4.78 is 62.5. The van der Waals surface area contributed by atoms with Gasteiger partial charge in [-0.15, -0.1) is 0 Å². The van der Waals surface area contributed by atoms with Gasteiger partial charge in [0.25, 0.3) is 0 Å². The van der Waals surface area contributed by atoms with Crippen LogP contribution in [0.25, 0.3) is 11.2 Å². The fraction of sp³-hybridized carbons (Fsp3) is 0.800. The first kappa shape index (κ1) is 58.1. The van der Waals surface area contributed by atoms with E-state index in [4.69, 9.17) is 19.5 Å². The molecule has 0 aromatic carbocycles. The summed E-state index contributed by atoms with van der Waals surface area (Å²) in [6.07, 6.45) is 11.4. The van der Waals surface area contributed by atoms with Crippen LogP contribution in [0.2, 0.25) is 0 Å². The lowest BCUT2D eigenvalue weighted by atomic mass is 9.87. The number of aromatic nitrogens is 4. The van der Waals surface area contributed by atoms with Gasteiger partial charge in [-0.3, -0.25) is 32.5 Å². The van der Waals surface area contributed by atoms with Crippen molar-refractivity contribution in [3.8, 4) is 0 Å². The van der Waals surface area contributed by atoms with Gasteiger partial charge in [0.2, 0.25) is 11.8 Å². The molecule has 10 N–H and O–H groups in total. The summed E-state index contributed by atoms with van der Waals surface area (Å²) in [5.41, 5.74) is 4.29. The van der Waals surface area contributed by atoms with Crippen LogP contribution < -0.4 is 16.4 Å². The molecule has 24 nitrogen and oxygen atoms in total. The minimum atomic E-state index is -5.57. The second-order valence-corrected chi connectivity index (χ2v) is 23.3. The van der Waals surface area contributed by atoms with Crippen molar-refractivity contribution in [2.75, 3.05) is 37.8 Å². The zero-order valence-electron chi connectivity index (χ0n) is 38.8. The van der Waals surface area contributed by atoms with E-state index in [-0.39, 0.29) is 41.6 Å². The molecule has 1 saturated carbocycles. The number of amides is 2. The first-order chi connectivity index (χ1) is 32.0. The average molecular weight is 1050 g/mol. The molecular formula is C40H70N7O17P3S. The topological polar surface area (TPSA) is 364 Å². The number of nitrogen functional groups attached to an aromatic ring is 1. The third kappa shape index (κ3) is 20.0. The highest BCUT2D eigenvalue weighted by Crippen LogP contribution is 2.61. The minimum absolute atomic E-state index is 0.0344. The monoisotopic (exact) mass is 1050 g/mol. The van der Waals surface area contributed by atoms with E-state index in [1.165, 1.54) is 84.5 Å². The van der Waals surface area contributed by atoms with Gasteiger partial charge in [-0.05, 0) is 24.7 Å². The fourth-order valence-electron chi connectivity index (χ4n) is 7.78. The number of hydrogen-bond donors (Lipinski definition) is 9. The van der Waals surface area contributed by atoms with Crippen LogP contribution in [-0.4, -0.2) is 123 Å². The third-order valence-electron chi connectivity index (χ3n) is 11.7. The molecule has 1 saturated heterocycles. The summed E-state index contributed by atoms with van der Waals surface area (Å²) in [6, 6.07) is 0. The number of nitrogens with one attached hydrogen (secondary N) is 2. The lowest BCUT2D eigenvalue weighted by Crippen LogP contribution is -2.46. The van der Waals surface area contributed by atoms with E-state index in [1.54, 1.807) is 0 Å². The van der Waals surface area contributed by atoms with Crippen LogP contribution in [0, 0.1) is 17.3 Å². The number of nitrogens with two attached hydrogens (primary N) is 1. The Morgan fingerprint density at radius 2 is 1.53 bits per heavy atom. The minimum Gasteiger partial charge on any atom is -0.386 e. The molecule has 0 bridgehead atoms. The summed E-state index contributed by atoms with van der Waals surface area (Å²) in [5, 5.41) is 26.7. The van der Waals surface area contributed by atoms with Crippen molar-refractivity contribution >= 4 is 69.1 Å². The van der Waals surface area contributed by atoms with Gasteiger partial charge < -0.3 is 50.9 Å². The number of aliphatic hydroxyl groups excluding tert-OH is 2. The van der Waals surface area contributed by atoms with E-state index in [1.807, 2.05) is 0 Å². The van der Waals surface area contributed by atoms with Gasteiger partial charge >= 0.3 is 23.5 Å². The summed E-state index contributed by atoms with van der Waals surface area (Å²) >= 11 is 1.16. The number of thioether (sulfide) groups is 1. The third-order valence-corrected chi connectivity index (χ3v) is 15.8. The Morgan fingerprint density at radius 1 is 0.897 bits per heavy atom. The van der Waals surface area contributed by atoms with Gasteiger partial charge in [0.05, 0.1) is 19.5 Å². The van der Waals surface area contributed by atoms with E-state index in [0.29, 0.717) is 12.2 Å². The van der Waals surface area contributed by atoms with Crippen molar-refractivity contribution in [1.82, 2.24) is 30.2 Å². The number of carbonyl (C=O) groups is 3. The maximum Gasteiger partial charge on any atom is 0.481 e. The number of ether oxygens (including phenoxy) is 1. The molecule has 28 heteroatoms. The van der Waals surface area contributed by atoms with Crippen molar-refractivity contribution in [2.45, 2.75) is 154 Å². The fourth-order valence-corrected chi connectivity index (χ4v) is 11.3. The maximum atomic E-state index is 12.7. The van der Waals surface area contributed by atoms with Crippen molar-refractivity contribution in [3.05, 3.63) is 12.7 Å². The van der Waals surface area contributed by atoms with Crippen molar-refractivity contribution in [2.24, 2.45) is 17.3 Å². The molecule has 4 rings (SSSR count). The molecule has 2 amide bonds. The van der Waals surface area contributed by atoms with Crippen LogP contribution in [0.5, 0.6) is 0 Å². The Balaban J connectivity index is 1.06. The summed E-state index contributed by atoms with van der Waals surface area (Å²) in [5.74, 6) is 0.956. The highest BCUT2D eigenvalue weighted by atomic mass is 32.2. The zero-order valence-corrected chi connectivity index (χ0v) is 42.3. The Bertz CT molecular complexity index is 2080. The van der Waals surface area contributed by atoms with E-state index < -0.39 is 84.6 Å². The van der Waals surface area contributed by atoms with Gasteiger partial charge in [-0.25, -0.2) is 28.6 Å². The van der Waals surface area contributed by atoms with Gasteiger partial charge in [0.1, 0.15) is 36.3 Å². The normalized spacial score (nSPS) is 23.0. The van der Waals surface area contributed by atoms with Crippen LogP contribution in [0.15, 0.2) is 12.7 Å². The van der Waals surface area contributed by atoms with Crippen molar-refractivity contribution < 1.29 is 80.5 Å². The lowest BCUT2D eigenvalue weighted by molar-refractivity contribution is -0.137. The Kier molecular flexibility index (Phi) is 23.4. The number of hydrogen-bond acceptors (Lipinski definition) is 18. The van der Waals surface area contributed by atoms with E-state index in [0.717, 1.165) is 60.1 Å². The number of aliphatic hydroxyl groups is 2. The smallest absolute Gasteiger partial charge is 0.386 e. The highest BCUT2D eigenvalue weighted by Gasteiger charge is 2.50. The number of anilines is 1. The molecule has 0 spiro atoms. The van der Waals surface area contributed by atoms with Crippen LogP contribution in [0.4, 0.5) is 5.82 Å². The molecule has 388 valence electrons. The largest absolute Gasteiger partial charge is 0.481 e. The molecule has 9 atom stereocenters. The summed E-state index contributed by atoms with van der Waals surface area (Å²) in [4.78, 5) is 88.5. The average Bonchev–Trinajstić information content (AvgIpc) is 3.75. The molecule has 1 aliphatic carbocycles. The predicted molar refractivity (Wildman–Crippen MR) is 249 cm³/mol. The molecule has 3 unspecified atom stereocenters. The first-order valence-electron chi connectivity index (χ1n) is 23.1. The van der Waals surface area contributed by atoms with E-state index >= 15 is 0 Å². The van der Waals surface area contributed by atoms with Crippen LogP contribution >= 0.6 is 35.2 Å².